The minimum absolute atomic E-state index is 0.0364. The molecule has 6 heteroatoms. The lowest BCUT2D eigenvalue weighted by molar-refractivity contribution is 0.191. The van der Waals surface area contributed by atoms with Crippen LogP contribution in [0.25, 0.3) is 0 Å². The van der Waals surface area contributed by atoms with Crippen molar-refractivity contribution in [2.24, 2.45) is 0 Å². The molecule has 0 aromatic heterocycles. The van der Waals surface area contributed by atoms with Crippen LogP contribution in [-0.2, 0) is 6.42 Å². The molecule has 27 heavy (non-hydrogen) atoms. The van der Waals surface area contributed by atoms with Gasteiger partial charge in [-0.15, -0.1) is 0 Å². The van der Waals surface area contributed by atoms with E-state index in [1.54, 1.807) is 0 Å². The number of benzene rings is 2. The van der Waals surface area contributed by atoms with Crippen LogP contribution in [0.15, 0.2) is 48.5 Å². The normalized spacial score (nSPS) is 14.1. The highest BCUT2D eigenvalue weighted by atomic mass is 35.5. The molecule has 0 spiro atoms. The van der Waals surface area contributed by atoms with Gasteiger partial charge in [-0.1, -0.05) is 36.7 Å². The Balaban J connectivity index is 1.36. The molecule has 1 saturated heterocycles. The van der Waals surface area contributed by atoms with Gasteiger partial charge in [0, 0.05) is 36.9 Å². The lowest BCUT2D eigenvalue weighted by Gasteiger charge is -2.36. The number of hydrogen-bond donors (Lipinski definition) is 1. The van der Waals surface area contributed by atoms with Gasteiger partial charge in [0.2, 0.25) is 0 Å². The minimum Gasteiger partial charge on any atom is -0.492 e. The molecule has 0 saturated carbocycles. The topological polar surface area (TPSA) is 44.8 Å². The Morgan fingerprint density at radius 2 is 1.85 bits per heavy atom. The number of piperazine rings is 1. The van der Waals surface area contributed by atoms with Crippen LogP contribution in [-0.4, -0.2) is 50.3 Å². The van der Waals surface area contributed by atoms with E-state index in [-0.39, 0.29) is 6.03 Å². The van der Waals surface area contributed by atoms with Gasteiger partial charge >= 0.3 is 6.03 Å². The van der Waals surface area contributed by atoms with Crippen molar-refractivity contribution < 1.29 is 9.53 Å². The number of ether oxygens (including phenoxy) is 1. The molecule has 0 atom stereocenters. The van der Waals surface area contributed by atoms with Crippen LogP contribution in [0.3, 0.4) is 0 Å². The van der Waals surface area contributed by atoms with E-state index in [1.165, 1.54) is 5.56 Å². The molecule has 1 aliphatic rings. The number of nitrogens with zero attached hydrogens (tertiary/aromatic N) is 2. The number of carbonyl (C=O) groups is 1. The van der Waals surface area contributed by atoms with E-state index in [9.17, 15) is 4.79 Å². The Morgan fingerprint density at radius 1 is 1.11 bits per heavy atom. The van der Waals surface area contributed by atoms with Gasteiger partial charge in [-0.2, -0.15) is 0 Å². The van der Waals surface area contributed by atoms with Crippen molar-refractivity contribution in [2.75, 3.05) is 44.2 Å². The van der Waals surface area contributed by atoms with Crippen molar-refractivity contribution in [3.63, 3.8) is 0 Å². The standard InChI is InChI=1S/C21H26ClN3O2/c1-2-17-6-8-20(9-7-17)27-15-10-23-21(26)25-13-11-24(12-14-25)19-5-3-4-18(22)16-19/h3-9,16H,2,10-15H2,1H3,(H,23,26). The Hall–Kier alpha value is -2.40. The Bertz CT molecular complexity index is 743. The Kier molecular flexibility index (Phi) is 6.82. The maximum Gasteiger partial charge on any atom is 0.317 e. The number of halogens is 1. The lowest BCUT2D eigenvalue weighted by atomic mass is 10.2. The molecular formula is C21H26ClN3O2. The van der Waals surface area contributed by atoms with E-state index in [1.807, 2.05) is 41.3 Å². The lowest BCUT2D eigenvalue weighted by Crippen LogP contribution is -2.52. The van der Waals surface area contributed by atoms with Crippen LogP contribution in [0.5, 0.6) is 5.75 Å². The molecule has 0 bridgehead atoms. The average Bonchev–Trinajstić information content (AvgIpc) is 2.71. The molecule has 1 fully saturated rings. The van der Waals surface area contributed by atoms with Crippen LogP contribution < -0.4 is 15.0 Å². The maximum absolute atomic E-state index is 12.3. The fraction of sp³-hybridized carbons (Fsp3) is 0.381. The molecule has 144 valence electrons. The third kappa shape index (κ3) is 5.54. The highest BCUT2D eigenvalue weighted by Crippen LogP contribution is 2.20. The number of hydrogen-bond acceptors (Lipinski definition) is 3. The van der Waals surface area contributed by atoms with Gasteiger partial charge in [0.1, 0.15) is 12.4 Å². The Morgan fingerprint density at radius 3 is 2.52 bits per heavy atom. The van der Waals surface area contributed by atoms with E-state index in [4.69, 9.17) is 16.3 Å². The zero-order valence-corrected chi connectivity index (χ0v) is 16.4. The van der Waals surface area contributed by atoms with Crippen molar-refractivity contribution in [3.8, 4) is 5.75 Å². The molecule has 1 aliphatic heterocycles. The molecule has 2 aromatic rings. The monoisotopic (exact) mass is 387 g/mol. The molecule has 0 aliphatic carbocycles. The zero-order valence-electron chi connectivity index (χ0n) is 15.7. The van der Waals surface area contributed by atoms with E-state index < -0.39 is 0 Å². The van der Waals surface area contributed by atoms with Crippen LogP contribution in [0, 0.1) is 0 Å². The number of nitrogens with one attached hydrogen (secondary N) is 1. The van der Waals surface area contributed by atoms with Gasteiger partial charge in [-0.3, -0.25) is 0 Å². The van der Waals surface area contributed by atoms with Gasteiger partial charge in [0.25, 0.3) is 0 Å². The van der Waals surface area contributed by atoms with Crippen molar-refractivity contribution >= 4 is 23.3 Å². The van der Waals surface area contributed by atoms with Crippen molar-refractivity contribution in [1.29, 1.82) is 0 Å². The van der Waals surface area contributed by atoms with Crippen LogP contribution in [0.2, 0.25) is 5.02 Å². The third-order valence-corrected chi connectivity index (χ3v) is 4.95. The Labute approximate surface area is 165 Å². The summed E-state index contributed by atoms with van der Waals surface area (Å²) in [6.45, 7) is 6.06. The van der Waals surface area contributed by atoms with E-state index in [2.05, 4.69) is 29.3 Å². The number of urea groups is 1. The van der Waals surface area contributed by atoms with E-state index >= 15 is 0 Å². The first-order chi connectivity index (χ1) is 13.2. The maximum atomic E-state index is 12.3. The SMILES string of the molecule is CCc1ccc(OCCNC(=O)N2CCN(c3cccc(Cl)c3)CC2)cc1. The molecule has 0 radical (unpaired) electrons. The second-order valence-corrected chi connectivity index (χ2v) is 6.97. The van der Waals surface area contributed by atoms with Crippen molar-refractivity contribution in [1.82, 2.24) is 10.2 Å². The summed E-state index contributed by atoms with van der Waals surface area (Å²) < 4.78 is 5.68. The van der Waals surface area contributed by atoms with Gasteiger partial charge in [-0.05, 0) is 42.3 Å². The first kappa shape index (κ1) is 19.4. The largest absolute Gasteiger partial charge is 0.492 e. The fourth-order valence-electron chi connectivity index (χ4n) is 3.10. The minimum atomic E-state index is -0.0364. The predicted octanol–water partition coefficient (Wildman–Crippen LogP) is 3.81. The molecular weight excluding hydrogens is 362 g/mol. The highest BCUT2D eigenvalue weighted by molar-refractivity contribution is 6.30. The van der Waals surface area contributed by atoms with Crippen LogP contribution in [0.1, 0.15) is 12.5 Å². The summed E-state index contributed by atoms with van der Waals surface area (Å²) in [5.41, 5.74) is 2.39. The molecule has 0 unspecified atom stereocenters. The summed E-state index contributed by atoms with van der Waals surface area (Å²) in [5, 5.41) is 3.66. The van der Waals surface area contributed by atoms with Gasteiger partial charge < -0.3 is 19.9 Å². The third-order valence-electron chi connectivity index (χ3n) is 4.72. The van der Waals surface area contributed by atoms with E-state index in [0.717, 1.165) is 36.0 Å². The van der Waals surface area contributed by atoms with Crippen LogP contribution in [0.4, 0.5) is 10.5 Å². The molecule has 3 rings (SSSR count). The summed E-state index contributed by atoms with van der Waals surface area (Å²) >= 11 is 6.06. The quantitative estimate of drug-likeness (QED) is 0.766. The average molecular weight is 388 g/mol. The van der Waals surface area contributed by atoms with Crippen LogP contribution >= 0.6 is 11.6 Å². The van der Waals surface area contributed by atoms with Gasteiger partial charge in [0.05, 0.1) is 6.54 Å². The number of amides is 2. The summed E-state index contributed by atoms with van der Waals surface area (Å²) in [7, 11) is 0. The highest BCUT2D eigenvalue weighted by Gasteiger charge is 2.21. The molecule has 1 N–H and O–H groups in total. The summed E-state index contributed by atoms with van der Waals surface area (Å²) in [6, 6.07) is 15.9. The first-order valence-corrected chi connectivity index (χ1v) is 9.78. The number of carbonyl (C=O) groups excluding carboxylic acids is 1. The summed E-state index contributed by atoms with van der Waals surface area (Å²) in [4.78, 5) is 16.4. The second kappa shape index (κ2) is 9.51. The number of aryl methyl sites for hydroxylation is 1. The molecule has 2 aromatic carbocycles. The number of anilines is 1. The molecule has 5 nitrogen and oxygen atoms in total. The van der Waals surface area contributed by atoms with Gasteiger partial charge in [-0.25, -0.2) is 4.79 Å². The predicted molar refractivity (Wildman–Crippen MR) is 110 cm³/mol. The zero-order chi connectivity index (χ0) is 19.1. The summed E-state index contributed by atoms with van der Waals surface area (Å²) in [5.74, 6) is 0.830. The molecule has 2 amide bonds. The van der Waals surface area contributed by atoms with E-state index in [0.29, 0.717) is 26.2 Å². The summed E-state index contributed by atoms with van der Waals surface area (Å²) in [6.07, 6.45) is 1.01. The fourth-order valence-corrected chi connectivity index (χ4v) is 3.29. The van der Waals surface area contributed by atoms with Crippen molar-refractivity contribution in [3.05, 3.63) is 59.1 Å². The molecule has 1 heterocycles. The number of rotatable bonds is 6. The second-order valence-electron chi connectivity index (χ2n) is 6.53. The van der Waals surface area contributed by atoms with Crippen molar-refractivity contribution in [2.45, 2.75) is 13.3 Å². The van der Waals surface area contributed by atoms with Gasteiger partial charge in [0.15, 0.2) is 0 Å². The first-order valence-electron chi connectivity index (χ1n) is 9.40. The smallest absolute Gasteiger partial charge is 0.317 e.